The van der Waals surface area contributed by atoms with E-state index >= 15 is 0 Å². The normalized spacial score (nSPS) is 0.667. The fraction of sp³-hybridized carbons (Fsp3) is 0. The zero-order valence-corrected chi connectivity index (χ0v) is 6.81. The van der Waals surface area contributed by atoms with Crippen LogP contribution in [0.4, 0.5) is 0 Å². The van der Waals surface area contributed by atoms with E-state index in [1.54, 1.807) is 0 Å². The summed E-state index contributed by atoms with van der Waals surface area (Å²) >= 11 is 0. The van der Waals surface area contributed by atoms with E-state index in [1.807, 2.05) is 0 Å². The maximum atomic E-state index is 6.25. The van der Waals surface area contributed by atoms with Crippen LogP contribution in [-0.2, 0) is 36.5 Å². The van der Waals surface area contributed by atoms with Crippen molar-refractivity contribution in [3.8, 4) is 0 Å². The molecule has 6 heavy (non-hydrogen) atoms. The Morgan fingerprint density at radius 2 is 0.833 bits per heavy atom. The predicted octanol–water partition coefficient (Wildman–Crippen LogP) is 0.188. The van der Waals surface area contributed by atoms with Crippen molar-refractivity contribution in [1.29, 1.82) is 10.5 Å². The molecule has 0 amide bonds. The van der Waals surface area contributed by atoms with E-state index in [0.717, 1.165) is 0 Å². The van der Waals surface area contributed by atoms with Gasteiger partial charge in [0.2, 0.25) is 0 Å². The third-order valence-electron chi connectivity index (χ3n) is 0. The molecule has 0 aliphatic heterocycles. The van der Waals surface area contributed by atoms with Gasteiger partial charge < -0.3 is 23.7 Å². The summed E-state index contributed by atoms with van der Waals surface area (Å²) in [4.78, 5) is 0. The summed E-state index contributed by atoms with van der Waals surface area (Å²) in [5.74, 6) is 0. The second-order valence-corrected chi connectivity index (χ2v) is 0. The molecule has 0 aliphatic rings. The molecule has 0 saturated heterocycles. The second kappa shape index (κ2) is 5770. The molecule has 0 aliphatic carbocycles. The Balaban J connectivity index is -0.00000000500. The van der Waals surface area contributed by atoms with Gasteiger partial charge in [0.1, 0.15) is 0 Å². The van der Waals surface area contributed by atoms with Crippen molar-refractivity contribution in [2.75, 3.05) is 0 Å². The SMILES string of the molecule is [C-]#N.[C-]#N.[Cu+2].[Zn]. The van der Waals surface area contributed by atoms with Crippen LogP contribution in [0.2, 0.25) is 0 Å². The van der Waals surface area contributed by atoms with Gasteiger partial charge in [-0.25, -0.2) is 0 Å². The van der Waals surface area contributed by atoms with Crippen LogP contribution in [0.5, 0.6) is 0 Å². The van der Waals surface area contributed by atoms with Gasteiger partial charge in [-0.1, -0.05) is 0 Å². The molecule has 4 heteroatoms. The zero-order chi connectivity index (χ0) is 4.00. The van der Waals surface area contributed by atoms with Gasteiger partial charge in [-0.2, -0.15) is 0 Å². The molecule has 0 N–H and O–H groups in total. The van der Waals surface area contributed by atoms with Gasteiger partial charge in [-0.05, 0) is 0 Å². The summed E-state index contributed by atoms with van der Waals surface area (Å²) in [5, 5.41) is 12.5. The van der Waals surface area contributed by atoms with E-state index < -0.39 is 0 Å². The van der Waals surface area contributed by atoms with Crippen molar-refractivity contribution in [2.24, 2.45) is 0 Å². The summed E-state index contributed by atoms with van der Waals surface area (Å²) in [7, 11) is 0. The van der Waals surface area contributed by atoms with Crippen molar-refractivity contribution in [1.82, 2.24) is 0 Å². The van der Waals surface area contributed by atoms with Gasteiger partial charge in [0.05, 0.1) is 0 Å². The molecule has 0 heterocycles. The first-order valence-corrected chi connectivity index (χ1v) is 0.447. The molecule has 31 valence electrons. The third kappa shape index (κ3) is 2660. The molecule has 0 spiro atoms. The van der Waals surface area contributed by atoms with E-state index in [9.17, 15) is 0 Å². The fourth-order valence-corrected chi connectivity index (χ4v) is 0. The van der Waals surface area contributed by atoms with Crippen molar-refractivity contribution in [2.45, 2.75) is 0 Å². The minimum atomic E-state index is 0. The van der Waals surface area contributed by atoms with Crippen molar-refractivity contribution >= 4 is 0 Å². The van der Waals surface area contributed by atoms with Crippen molar-refractivity contribution in [3.63, 3.8) is 0 Å². The smallest absolute Gasteiger partial charge is 0.512 e. The Bertz CT molecular complexity index is 27.0. The number of nitrogens with zero attached hydrogens (tertiary/aromatic N) is 2. The van der Waals surface area contributed by atoms with E-state index in [1.165, 1.54) is 0 Å². The van der Waals surface area contributed by atoms with E-state index in [-0.39, 0.29) is 36.5 Å². The second-order valence-electron chi connectivity index (χ2n) is 0. The summed E-state index contributed by atoms with van der Waals surface area (Å²) in [6, 6.07) is 0. The molecule has 2 nitrogen and oxygen atoms in total. The minimum Gasteiger partial charge on any atom is -0.512 e. The Morgan fingerprint density at radius 1 is 0.833 bits per heavy atom. The van der Waals surface area contributed by atoms with Crippen LogP contribution in [0.25, 0.3) is 0 Å². The van der Waals surface area contributed by atoms with E-state index in [0.29, 0.717) is 0 Å². The topological polar surface area (TPSA) is 47.6 Å². The van der Waals surface area contributed by atoms with Gasteiger partial charge >= 0.3 is 17.1 Å². The molecule has 0 aromatic carbocycles. The number of hydrogen-bond donors (Lipinski definition) is 0. The Kier molecular flexibility index (Phi) is 34300. The molecule has 0 atom stereocenters. The van der Waals surface area contributed by atoms with E-state index in [4.69, 9.17) is 23.7 Å². The molecule has 0 saturated carbocycles. The van der Waals surface area contributed by atoms with Crippen LogP contribution in [0, 0.1) is 23.7 Å². The van der Waals surface area contributed by atoms with Gasteiger partial charge in [0.25, 0.3) is 0 Å². The molecule has 1 radical (unpaired) electrons. The average Bonchev–Trinajstić information content (AvgIpc) is 1.50. The minimum absolute atomic E-state index is 0. The van der Waals surface area contributed by atoms with Gasteiger partial charge in [0.15, 0.2) is 0 Å². The van der Waals surface area contributed by atoms with Gasteiger partial charge in [-0.15, -0.1) is 0 Å². The molecular weight excluding hydrogens is 181 g/mol. The molecule has 0 rings (SSSR count). The standard InChI is InChI=1S/2CN.Cu.Zn/c2*1-2;;/q2*-1;+2;. The van der Waals surface area contributed by atoms with Crippen molar-refractivity contribution in [3.05, 3.63) is 13.1 Å². The molecule has 0 aromatic heterocycles. The summed E-state index contributed by atoms with van der Waals surface area (Å²) in [6.07, 6.45) is 0. The van der Waals surface area contributed by atoms with Gasteiger partial charge in [-0.3, -0.25) is 0 Å². The predicted molar refractivity (Wildman–Crippen MR) is 9.94 cm³/mol. The van der Waals surface area contributed by atoms with Crippen LogP contribution >= 0.6 is 0 Å². The van der Waals surface area contributed by atoms with Crippen LogP contribution in [0.3, 0.4) is 0 Å². The van der Waals surface area contributed by atoms with Crippen LogP contribution in [0.15, 0.2) is 0 Å². The first-order valence-electron chi connectivity index (χ1n) is 0.447. The molecule has 0 aromatic rings. The maximum Gasteiger partial charge on any atom is 2.00 e. The monoisotopic (exact) mass is 179 g/mol. The van der Waals surface area contributed by atoms with Crippen LogP contribution in [0.1, 0.15) is 0 Å². The quantitative estimate of drug-likeness (QED) is 0.395. The Hall–Kier alpha value is 0.123. The average molecular weight is 181 g/mol. The largest absolute Gasteiger partial charge is 2.00 e. The fourth-order valence-electron chi connectivity index (χ4n) is 0. The van der Waals surface area contributed by atoms with E-state index in [2.05, 4.69) is 0 Å². The third-order valence-corrected chi connectivity index (χ3v) is 0. The van der Waals surface area contributed by atoms with Crippen LogP contribution < -0.4 is 0 Å². The first kappa shape index (κ1) is 35.7. The Morgan fingerprint density at radius 3 is 0.833 bits per heavy atom. The zero-order valence-electron chi connectivity index (χ0n) is 2.90. The maximum absolute atomic E-state index is 6.25. The van der Waals surface area contributed by atoms with Gasteiger partial charge in [0, 0.05) is 19.5 Å². The summed E-state index contributed by atoms with van der Waals surface area (Å²) < 4.78 is 0. The number of rotatable bonds is 0. The summed E-state index contributed by atoms with van der Waals surface area (Å²) in [6.45, 7) is 9.50. The Labute approximate surface area is 60.4 Å². The van der Waals surface area contributed by atoms with Crippen molar-refractivity contribution < 1.29 is 36.5 Å². The van der Waals surface area contributed by atoms with Crippen LogP contribution in [-0.4, -0.2) is 0 Å². The molecule has 0 fully saturated rings. The molecule has 0 bridgehead atoms. The first-order chi connectivity index (χ1) is 2.00. The summed E-state index contributed by atoms with van der Waals surface area (Å²) in [5.41, 5.74) is 0. The number of hydrogen-bond acceptors (Lipinski definition) is 2. The molecular formula is C2CuN2Zn. The molecule has 0 unspecified atom stereocenters.